The van der Waals surface area contributed by atoms with Crippen molar-refractivity contribution < 1.29 is 26.0 Å². The Morgan fingerprint density at radius 2 is 1.61 bits per heavy atom. The summed E-state index contributed by atoms with van der Waals surface area (Å²) in [5.74, 6) is -0.532. The minimum atomic E-state index is -4.23. The van der Waals surface area contributed by atoms with Gasteiger partial charge in [-0.05, 0) is 36.4 Å². The lowest BCUT2D eigenvalue weighted by atomic mass is 10.1. The lowest BCUT2D eigenvalue weighted by Crippen LogP contribution is -2.49. The molecule has 1 aliphatic heterocycles. The van der Waals surface area contributed by atoms with Gasteiger partial charge in [-0.3, -0.25) is 9.88 Å². The second-order valence-corrected chi connectivity index (χ2v) is 9.31. The number of halogens is 4. The van der Waals surface area contributed by atoms with Crippen LogP contribution in [0.5, 0.6) is 0 Å². The zero-order valence-electron chi connectivity index (χ0n) is 16.3. The van der Waals surface area contributed by atoms with E-state index in [4.69, 9.17) is 0 Å². The molecule has 0 bridgehead atoms. The van der Waals surface area contributed by atoms with Crippen LogP contribution in [-0.4, -0.2) is 57.2 Å². The summed E-state index contributed by atoms with van der Waals surface area (Å²) in [6, 6.07) is 11.4. The van der Waals surface area contributed by atoms with Gasteiger partial charge in [-0.1, -0.05) is 12.1 Å². The largest absolute Gasteiger partial charge is 0.401 e. The van der Waals surface area contributed by atoms with E-state index in [0.717, 1.165) is 17.8 Å². The topological polar surface area (TPSA) is 53.5 Å². The second kappa shape index (κ2) is 8.08. The Morgan fingerprint density at radius 3 is 2.26 bits per heavy atom. The highest BCUT2D eigenvalue weighted by molar-refractivity contribution is 7.91. The standard InChI is InChI=1S/C21H19F4N3O2S/c22-16-4-6-17(7-5-16)31(29,30)18-12-15-2-1-3-19(20(15)26-13-18)28-10-8-27(9-11-28)14-21(23,24)25/h1-7,12-13H,8-11,14H2. The molecule has 4 rings (SSSR count). The Labute approximate surface area is 176 Å². The van der Waals surface area contributed by atoms with Crippen LogP contribution in [0.15, 0.2) is 64.5 Å². The Kier molecular flexibility index (Phi) is 5.61. The molecule has 0 spiro atoms. The molecule has 1 aromatic heterocycles. The minimum absolute atomic E-state index is 0.0150. The van der Waals surface area contributed by atoms with Gasteiger partial charge < -0.3 is 4.90 Å². The molecule has 1 aliphatic rings. The van der Waals surface area contributed by atoms with E-state index in [2.05, 4.69) is 4.98 Å². The van der Waals surface area contributed by atoms with Crippen LogP contribution in [0.3, 0.4) is 0 Å². The fourth-order valence-corrected chi connectivity index (χ4v) is 4.92. The zero-order chi connectivity index (χ0) is 22.2. The third-order valence-electron chi connectivity index (χ3n) is 5.21. The number of benzene rings is 2. The smallest absolute Gasteiger partial charge is 0.367 e. The summed E-state index contributed by atoms with van der Waals surface area (Å²) >= 11 is 0. The number of sulfone groups is 1. The van der Waals surface area contributed by atoms with Crippen LogP contribution in [0.25, 0.3) is 10.9 Å². The lowest BCUT2D eigenvalue weighted by Gasteiger charge is -2.36. The third kappa shape index (κ3) is 4.64. The fraction of sp³-hybridized carbons (Fsp3) is 0.286. The molecule has 1 fully saturated rings. The van der Waals surface area contributed by atoms with Crippen LogP contribution in [0.4, 0.5) is 23.2 Å². The maximum Gasteiger partial charge on any atom is 0.401 e. The highest BCUT2D eigenvalue weighted by atomic mass is 32.2. The molecule has 2 aromatic carbocycles. The van der Waals surface area contributed by atoms with Gasteiger partial charge in [0.05, 0.1) is 27.5 Å². The minimum Gasteiger partial charge on any atom is -0.367 e. The summed E-state index contributed by atoms with van der Waals surface area (Å²) in [6.07, 6.45) is -2.97. The Bertz CT molecular complexity index is 1190. The normalized spacial score (nSPS) is 16.1. The molecule has 0 N–H and O–H groups in total. The van der Waals surface area contributed by atoms with E-state index in [1.165, 1.54) is 29.3 Å². The third-order valence-corrected chi connectivity index (χ3v) is 6.95. The van der Waals surface area contributed by atoms with Crippen LogP contribution in [0.2, 0.25) is 0 Å². The van der Waals surface area contributed by atoms with E-state index < -0.39 is 28.4 Å². The monoisotopic (exact) mass is 453 g/mol. The van der Waals surface area contributed by atoms with Gasteiger partial charge in [0.1, 0.15) is 5.82 Å². The fourth-order valence-electron chi connectivity index (χ4n) is 3.68. The number of para-hydroxylation sites is 1. The Morgan fingerprint density at radius 1 is 0.935 bits per heavy atom. The van der Waals surface area contributed by atoms with Gasteiger partial charge in [0.15, 0.2) is 0 Å². The number of hydrogen-bond acceptors (Lipinski definition) is 5. The predicted molar refractivity (Wildman–Crippen MR) is 108 cm³/mol. The van der Waals surface area contributed by atoms with E-state index in [0.29, 0.717) is 24.0 Å². The zero-order valence-corrected chi connectivity index (χ0v) is 17.1. The van der Waals surface area contributed by atoms with Gasteiger partial charge in [-0.2, -0.15) is 13.2 Å². The number of nitrogens with zero attached hydrogens (tertiary/aromatic N) is 3. The summed E-state index contributed by atoms with van der Waals surface area (Å²) in [5, 5.41) is 0.596. The van der Waals surface area contributed by atoms with Gasteiger partial charge >= 0.3 is 6.18 Å². The first kappa shape index (κ1) is 21.5. The molecule has 0 amide bonds. The number of alkyl halides is 3. The van der Waals surface area contributed by atoms with Crippen LogP contribution in [0, 0.1) is 5.82 Å². The van der Waals surface area contributed by atoms with Gasteiger partial charge in [0, 0.05) is 37.8 Å². The van der Waals surface area contributed by atoms with Crippen molar-refractivity contribution in [3.63, 3.8) is 0 Å². The highest BCUT2D eigenvalue weighted by Crippen LogP contribution is 2.30. The van der Waals surface area contributed by atoms with Crippen molar-refractivity contribution in [2.45, 2.75) is 16.0 Å². The first-order valence-corrected chi connectivity index (χ1v) is 11.1. The molecule has 1 saturated heterocycles. The summed E-state index contributed by atoms with van der Waals surface area (Å²) < 4.78 is 76.7. The van der Waals surface area contributed by atoms with Crippen LogP contribution >= 0.6 is 0 Å². The average molecular weight is 453 g/mol. The summed E-state index contributed by atoms with van der Waals surface area (Å²) in [5.41, 5.74) is 1.32. The van der Waals surface area contributed by atoms with Gasteiger partial charge in [-0.15, -0.1) is 0 Å². The molecule has 2 heterocycles. The molecule has 0 radical (unpaired) electrons. The SMILES string of the molecule is O=S(=O)(c1ccc(F)cc1)c1cnc2c(N3CCN(CC(F)(F)F)CC3)cccc2c1. The number of hydrogen-bond donors (Lipinski definition) is 0. The van der Waals surface area contributed by atoms with E-state index in [-0.39, 0.29) is 22.9 Å². The number of piperazine rings is 1. The maximum absolute atomic E-state index is 13.1. The quantitative estimate of drug-likeness (QED) is 0.443. The van der Waals surface area contributed by atoms with E-state index >= 15 is 0 Å². The maximum atomic E-state index is 13.1. The molecule has 0 unspecified atom stereocenters. The van der Waals surface area contributed by atoms with E-state index in [1.807, 2.05) is 11.0 Å². The average Bonchev–Trinajstić information content (AvgIpc) is 2.73. The number of pyridine rings is 1. The number of aromatic nitrogens is 1. The summed E-state index contributed by atoms with van der Waals surface area (Å²) in [6.45, 7) is 0.429. The van der Waals surface area contributed by atoms with Crippen LogP contribution in [0.1, 0.15) is 0 Å². The molecule has 0 atom stereocenters. The van der Waals surface area contributed by atoms with E-state index in [1.54, 1.807) is 12.1 Å². The number of anilines is 1. The van der Waals surface area contributed by atoms with Crippen molar-refractivity contribution in [3.05, 3.63) is 60.5 Å². The van der Waals surface area contributed by atoms with Gasteiger partial charge in [0.2, 0.25) is 9.84 Å². The molecule has 10 heteroatoms. The molecule has 0 aliphatic carbocycles. The molecule has 5 nitrogen and oxygen atoms in total. The van der Waals surface area contributed by atoms with Crippen molar-refractivity contribution in [1.29, 1.82) is 0 Å². The highest BCUT2D eigenvalue weighted by Gasteiger charge is 2.32. The predicted octanol–water partition coefficient (Wildman–Crippen LogP) is 3.89. The summed E-state index contributed by atoms with van der Waals surface area (Å²) in [4.78, 5) is 7.62. The number of fused-ring (bicyclic) bond motifs is 1. The molecule has 3 aromatic rings. The second-order valence-electron chi connectivity index (χ2n) is 7.36. The van der Waals surface area contributed by atoms with Crippen molar-refractivity contribution in [1.82, 2.24) is 9.88 Å². The van der Waals surface area contributed by atoms with E-state index in [9.17, 15) is 26.0 Å². The van der Waals surface area contributed by atoms with Crippen molar-refractivity contribution in [2.75, 3.05) is 37.6 Å². The molecular weight excluding hydrogens is 434 g/mol. The van der Waals surface area contributed by atoms with Gasteiger partial charge in [0.25, 0.3) is 0 Å². The lowest BCUT2D eigenvalue weighted by molar-refractivity contribution is -0.146. The number of rotatable bonds is 4. The first-order chi connectivity index (χ1) is 14.6. The molecular formula is C21H19F4N3O2S. The van der Waals surface area contributed by atoms with Crippen molar-refractivity contribution in [2.24, 2.45) is 0 Å². The molecule has 164 valence electrons. The summed E-state index contributed by atoms with van der Waals surface area (Å²) in [7, 11) is -3.87. The van der Waals surface area contributed by atoms with Crippen molar-refractivity contribution >= 4 is 26.4 Å². The van der Waals surface area contributed by atoms with Crippen LogP contribution in [-0.2, 0) is 9.84 Å². The molecule has 0 saturated carbocycles. The molecule has 31 heavy (non-hydrogen) atoms. The van der Waals surface area contributed by atoms with Crippen molar-refractivity contribution in [3.8, 4) is 0 Å². The van der Waals surface area contributed by atoms with Gasteiger partial charge in [-0.25, -0.2) is 12.8 Å². The first-order valence-electron chi connectivity index (χ1n) is 9.57. The Hall–Kier alpha value is -2.72. The Balaban J connectivity index is 1.60. The van der Waals surface area contributed by atoms with Crippen LogP contribution < -0.4 is 4.90 Å².